The molecule has 1 aromatic rings. The van der Waals surface area contributed by atoms with Crippen molar-refractivity contribution >= 4 is 26.0 Å². The number of hydrogen-bond donors (Lipinski definition) is 1. The van der Waals surface area contributed by atoms with Crippen LogP contribution in [-0.2, 0) is 19.5 Å². The number of ether oxygens (including phenoxy) is 3. The van der Waals surface area contributed by atoms with Crippen molar-refractivity contribution < 1.29 is 22.6 Å². The molecule has 2 N–H and O–H groups in total. The number of primary sulfonamides is 1. The van der Waals surface area contributed by atoms with Crippen LogP contribution in [0.4, 0.5) is 0 Å². The van der Waals surface area contributed by atoms with Gasteiger partial charge in [-0.1, -0.05) is 0 Å². The summed E-state index contributed by atoms with van der Waals surface area (Å²) in [7, 11) is -3.77. The molecule has 0 aromatic carbocycles. The fourth-order valence-electron chi connectivity index (χ4n) is 1.47. The maximum Gasteiger partial charge on any atom is 0.239 e. The molecule has 19 heavy (non-hydrogen) atoms. The van der Waals surface area contributed by atoms with Crippen LogP contribution in [0.1, 0.15) is 0 Å². The zero-order chi connectivity index (χ0) is 13.9. The van der Waals surface area contributed by atoms with Crippen molar-refractivity contribution in [3.8, 4) is 5.88 Å². The molecule has 9 heteroatoms. The Balaban J connectivity index is 2.01. The lowest BCUT2D eigenvalue weighted by atomic mass is 10.4. The van der Waals surface area contributed by atoms with Crippen LogP contribution in [0.2, 0.25) is 0 Å². The van der Waals surface area contributed by atoms with Gasteiger partial charge in [0.05, 0.1) is 30.5 Å². The summed E-state index contributed by atoms with van der Waals surface area (Å²) in [5, 5.41) is 5.00. The highest BCUT2D eigenvalue weighted by Crippen LogP contribution is 2.24. The van der Waals surface area contributed by atoms with Crippen LogP contribution in [0.5, 0.6) is 5.88 Å². The lowest BCUT2D eigenvalue weighted by Gasteiger charge is -2.22. The lowest BCUT2D eigenvalue weighted by Crippen LogP contribution is -2.33. The van der Waals surface area contributed by atoms with E-state index in [4.69, 9.17) is 19.3 Å². The van der Waals surface area contributed by atoms with E-state index >= 15 is 0 Å². The van der Waals surface area contributed by atoms with Gasteiger partial charge in [-0.2, -0.15) is 0 Å². The molecular formula is C10H13BrN2O5S. The van der Waals surface area contributed by atoms with Crippen LogP contribution < -0.4 is 9.88 Å². The van der Waals surface area contributed by atoms with Crippen molar-refractivity contribution in [2.45, 2.75) is 11.0 Å². The van der Waals surface area contributed by atoms with Crippen LogP contribution in [0.25, 0.3) is 0 Å². The second kappa shape index (κ2) is 6.14. The zero-order valence-electron chi connectivity index (χ0n) is 9.91. The molecule has 0 amide bonds. The number of nitrogens with zero attached hydrogens (tertiary/aromatic N) is 1. The van der Waals surface area contributed by atoms with Gasteiger partial charge in [-0.3, -0.25) is 0 Å². The maximum atomic E-state index is 11.1. The first-order chi connectivity index (χ1) is 8.97. The van der Waals surface area contributed by atoms with Gasteiger partial charge in [0.15, 0.2) is 0 Å². The highest BCUT2D eigenvalue weighted by molar-refractivity contribution is 9.10. The van der Waals surface area contributed by atoms with Crippen molar-refractivity contribution in [3.63, 3.8) is 0 Å². The largest absolute Gasteiger partial charge is 0.474 e. The minimum absolute atomic E-state index is 0.0797. The number of pyridine rings is 1. The Labute approximate surface area is 119 Å². The first-order valence-corrected chi connectivity index (χ1v) is 7.81. The Morgan fingerprint density at radius 3 is 2.89 bits per heavy atom. The van der Waals surface area contributed by atoms with Gasteiger partial charge in [-0.25, -0.2) is 18.5 Å². The average molecular weight is 353 g/mol. The summed E-state index contributed by atoms with van der Waals surface area (Å²) in [6.07, 6.45) is 0.994. The van der Waals surface area contributed by atoms with E-state index in [1.807, 2.05) is 0 Å². The molecule has 1 aromatic heterocycles. The first kappa shape index (κ1) is 14.7. The Bertz CT molecular complexity index is 545. The molecule has 1 unspecified atom stereocenters. The molecule has 0 aliphatic carbocycles. The average Bonchev–Trinajstić information content (AvgIpc) is 2.37. The minimum Gasteiger partial charge on any atom is -0.474 e. The molecule has 2 rings (SSSR count). The summed E-state index contributed by atoms with van der Waals surface area (Å²) in [5.41, 5.74) is 0. The molecular weight excluding hydrogens is 340 g/mol. The Morgan fingerprint density at radius 2 is 2.32 bits per heavy atom. The quantitative estimate of drug-likeness (QED) is 0.835. The predicted octanol–water partition coefficient (Wildman–Crippen LogP) is 0.286. The van der Waals surface area contributed by atoms with Gasteiger partial charge < -0.3 is 14.2 Å². The second-order valence-corrected chi connectivity index (χ2v) is 6.30. The number of aromatic nitrogens is 1. The summed E-state index contributed by atoms with van der Waals surface area (Å²) < 4.78 is 38.8. The molecule has 1 saturated heterocycles. The highest BCUT2D eigenvalue weighted by atomic mass is 79.9. The van der Waals surface area contributed by atoms with Gasteiger partial charge >= 0.3 is 0 Å². The van der Waals surface area contributed by atoms with E-state index in [9.17, 15) is 8.42 Å². The molecule has 0 spiro atoms. The van der Waals surface area contributed by atoms with Crippen molar-refractivity contribution in [1.82, 2.24) is 4.98 Å². The third-order valence-corrected chi connectivity index (χ3v) is 3.85. The Hall–Kier alpha value is -0.740. The standard InChI is InChI=1S/C10H13BrN2O5S/c11-9-3-8(19(12,14)15)4-13-10(9)18-6-7-5-16-1-2-17-7/h3-4,7H,1-2,5-6H2,(H2,12,14,15). The lowest BCUT2D eigenvalue weighted by molar-refractivity contribution is -0.102. The van der Waals surface area contributed by atoms with Crippen molar-refractivity contribution in [1.29, 1.82) is 0 Å². The minimum atomic E-state index is -3.77. The highest BCUT2D eigenvalue weighted by Gasteiger charge is 2.17. The molecule has 0 bridgehead atoms. The first-order valence-electron chi connectivity index (χ1n) is 5.47. The van der Waals surface area contributed by atoms with E-state index in [-0.39, 0.29) is 23.5 Å². The summed E-state index contributed by atoms with van der Waals surface area (Å²) in [6.45, 7) is 1.86. The number of hydrogen-bond acceptors (Lipinski definition) is 6. The Kier molecular flexibility index (Phi) is 4.74. The van der Waals surface area contributed by atoms with Crippen LogP contribution in [-0.4, -0.2) is 45.9 Å². The molecule has 1 aliphatic heterocycles. The SMILES string of the molecule is NS(=O)(=O)c1cnc(OCC2COCCO2)c(Br)c1. The molecule has 1 aliphatic rings. The van der Waals surface area contributed by atoms with Gasteiger partial charge in [-0.05, 0) is 22.0 Å². The third kappa shape index (κ3) is 4.11. The number of rotatable bonds is 4. The van der Waals surface area contributed by atoms with E-state index in [0.717, 1.165) is 6.20 Å². The van der Waals surface area contributed by atoms with E-state index in [0.29, 0.717) is 24.3 Å². The monoisotopic (exact) mass is 352 g/mol. The summed E-state index contributed by atoms with van der Waals surface area (Å²) in [5.74, 6) is 0.279. The van der Waals surface area contributed by atoms with E-state index in [1.165, 1.54) is 6.07 Å². The van der Waals surface area contributed by atoms with E-state index < -0.39 is 10.0 Å². The molecule has 106 valence electrons. The number of halogens is 1. The molecule has 1 fully saturated rings. The summed E-state index contributed by atoms with van der Waals surface area (Å²) in [6, 6.07) is 1.34. The van der Waals surface area contributed by atoms with Gasteiger partial charge in [-0.15, -0.1) is 0 Å². The molecule has 2 heterocycles. The van der Waals surface area contributed by atoms with Crippen molar-refractivity contribution in [2.24, 2.45) is 5.14 Å². The summed E-state index contributed by atoms with van der Waals surface area (Å²) >= 11 is 3.19. The van der Waals surface area contributed by atoms with Gasteiger partial charge in [0, 0.05) is 0 Å². The fourth-order valence-corrected chi connectivity index (χ4v) is 2.57. The normalized spacial score (nSPS) is 20.2. The number of sulfonamides is 1. The smallest absolute Gasteiger partial charge is 0.239 e. The van der Waals surface area contributed by atoms with E-state index in [2.05, 4.69) is 20.9 Å². The fraction of sp³-hybridized carbons (Fsp3) is 0.500. The third-order valence-electron chi connectivity index (χ3n) is 2.40. The number of nitrogens with two attached hydrogens (primary N) is 1. The van der Waals surface area contributed by atoms with Gasteiger partial charge in [0.2, 0.25) is 15.9 Å². The van der Waals surface area contributed by atoms with Gasteiger partial charge in [0.1, 0.15) is 17.6 Å². The van der Waals surface area contributed by atoms with Gasteiger partial charge in [0.25, 0.3) is 0 Å². The molecule has 0 saturated carbocycles. The second-order valence-electron chi connectivity index (χ2n) is 3.88. The van der Waals surface area contributed by atoms with Crippen LogP contribution in [0, 0.1) is 0 Å². The van der Waals surface area contributed by atoms with Crippen molar-refractivity contribution in [2.75, 3.05) is 26.4 Å². The maximum absolute atomic E-state index is 11.1. The zero-order valence-corrected chi connectivity index (χ0v) is 12.3. The topological polar surface area (TPSA) is 101 Å². The predicted molar refractivity (Wildman–Crippen MR) is 69.4 cm³/mol. The Morgan fingerprint density at radius 1 is 1.53 bits per heavy atom. The molecule has 7 nitrogen and oxygen atoms in total. The summed E-state index contributed by atoms with van der Waals surface area (Å²) in [4.78, 5) is 3.82. The van der Waals surface area contributed by atoms with E-state index in [1.54, 1.807) is 0 Å². The van der Waals surface area contributed by atoms with Crippen LogP contribution in [0.15, 0.2) is 21.6 Å². The molecule has 0 radical (unpaired) electrons. The molecule has 1 atom stereocenters. The van der Waals surface area contributed by atoms with Crippen molar-refractivity contribution in [3.05, 3.63) is 16.7 Å². The van der Waals surface area contributed by atoms with Crippen LogP contribution in [0.3, 0.4) is 0 Å². The van der Waals surface area contributed by atoms with Crippen LogP contribution >= 0.6 is 15.9 Å².